The summed E-state index contributed by atoms with van der Waals surface area (Å²) >= 11 is 3.37. The summed E-state index contributed by atoms with van der Waals surface area (Å²) in [6.45, 7) is 4.11. The molecule has 2 heterocycles. The van der Waals surface area contributed by atoms with E-state index in [2.05, 4.69) is 49.9 Å². The Morgan fingerprint density at radius 2 is 1.73 bits per heavy atom. The average molecular weight is 416 g/mol. The number of piperazine rings is 1. The van der Waals surface area contributed by atoms with Crippen LogP contribution in [0.15, 0.2) is 51.7 Å². The van der Waals surface area contributed by atoms with Gasteiger partial charge in [-0.15, -0.1) is 0 Å². The van der Waals surface area contributed by atoms with E-state index in [1.807, 2.05) is 18.2 Å². The first-order valence-electron chi connectivity index (χ1n) is 8.57. The highest BCUT2D eigenvalue weighted by atomic mass is 79.9. The molecule has 1 N–H and O–H groups in total. The van der Waals surface area contributed by atoms with E-state index in [9.17, 15) is 9.18 Å². The normalized spacial score (nSPS) is 15.6. The van der Waals surface area contributed by atoms with Crippen molar-refractivity contribution in [2.75, 3.05) is 38.1 Å². The van der Waals surface area contributed by atoms with E-state index in [1.165, 1.54) is 17.8 Å². The quantitative estimate of drug-likeness (QED) is 0.690. The van der Waals surface area contributed by atoms with Crippen LogP contribution in [0.3, 0.4) is 0 Å². The van der Waals surface area contributed by atoms with Crippen LogP contribution in [0.5, 0.6) is 0 Å². The number of benzene rings is 2. The first-order valence-corrected chi connectivity index (χ1v) is 9.36. The van der Waals surface area contributed by atoms with Gasteiger partial charge in [0.05, 0.1) is 5.52 Å². The Morgan fingerprint density at radius 1 is 1.04 bits per heavy atom. The van der Waals surface area contributed by atoms with Crippen molar-refractivity contribution in [1.29, 1.82) is 0 Å². The second-order valence-corrected chi connectivity index (χ2v) is 7.55. The van der Waals surface area contributed by atoms with Crippen LogP contribution in [0.4, 0.5) is 10.1 Å². The second-order valence-electron chi connectivity index (χ2n) is 6.70. The van der Waals surface area contributed by atoms with Gasteiger partial charge >= 0.3 is 0 Å². The summed E-state index contributed by atoms with van der Waals surface area (Å²) in [6.07, 6.45) is 0. The lowest BCUT2D eigenvalue weighted by Gasteiger charge is -2.34. The molecular formula is C20H19BrFN3O. The van der Waals surface area contributed by atoms with Gasteiger partial charge in [-0.2, -0.15) is 0 Å². The number of hydrogen-bond donors (Lipinski definition) is 1. The molecule has 2 aromatic carbocycles. The van der Waals surface area contributed by atoms with Crippen LogP contribution in [-0.4, -0.2) is 43.1 Å². The molecule has 3 aromatic rings. The Labute approximate surface area is 159 Å². The lowest BCUT2D eigenvalue weighted by Crippen LogP contribution is -2.44. The van der Waals surface area contributed by atoms with E-state index in [1.54, 1.807) is 0 Å². The molecule has 6 heteroatoms. The van der Waals surface area contributed by atoms with Gasteiger partial charge in [0.15, 0.2) is 0 Å². The monoisotopic (exact) mass is 415 g/mol. The lowest BCUT2D eigenvalue weighted by molar-refractivity contribution is 0.313. The number of anilines is 1. The molecule has 0 bridgehead atoms. The summed E-state index contributed by atoms with van der Waals surface area (Å²) in [4.78, 5) is 19.9. The number of H-pyrrole nitrogens is 1. The maximum absolute atomic E-state index is 13.5. The Balaban J connectivity index is 1.69. The van der Waals surface area contributed by atoms with Crippen molar-refractivity contribution < 1.29 is 4.39 Å². The summed E-state index contributed by atoms with van der Waals surface area (Å²) in [6, 6.07) is 12.6. The zero-order chi connectivity index (χ0) is 18.3. The molecule has 0 atom stereocenters. The summed E-state index contributed by atoms with van der Waals surface area (Å²) < 4.78 is 14.2. The minimum Gasteiger partial charge on any atom is -0.369 e. The average Bonchev–Trinajstić information content (AvgIpc) is 2.62. The molecule has 1 saturated heterocycles. The molecule has 1 aliphatic heterocycles. The third kappa shape index (κ3) is 3.27. The van der Waals surface area contributed by atoms with Crippen molar-refractivity contribution in [3.8, 4) is 11.1 Å². The van der Waals surface area contributed by atoms with Gasteiger partial charge in [0.1, 0.15) is 5.82 Å². The second kappa shape index (κ2) is 6.85. The topological polar surface area (TPSA) is 39.3 Å². The number of aromatic amines is 1. The maximum Gasteiger partial charge on any atom is 0.256 e. The van der Waals surface area contributed by atoms with Gasteiger partial charge in [0.25, 0.3) is 5.56 Å². The first-order chi connectivity index (χ1) is 12.5. The molecule has 4 nitrogen and oxygen atoms in total. The minimum atomic E-state index is -0.385. The summed E-state index contributed by atoms with van der Waals surface area (Å²) in [5.41, 5.74) is 2.86. The predicted octanol–water partition coefficient (Wildman–Crippen LogP) is 3.85. The maximum atomic E-state index is 13.5. The van der Waals surface area contributed by atoms with Gasteiger partial charge < -0.3 is 14.8 Å². The highest BCUT2D eigenvalue weighted by Gasteiger charge is 2.15. The highest BCUT2D eigenvalue weighted by molar-refractivity contribution is 9.10. The Kier molecular flexibility index (Phi) is 4.54. The number of rotatable bonds is 2. The van der Waals surface area contributed by atoms with Gasteiger partial charge in [0.2, 0.25) is 0 Å². The fourth-order valence-electron chi connectivity index (χ4n) is 3.37. The number of nitrogens with one attached hydrogen (secondary N) is 1. The summed E-state index contributed by atoms with van der Waals surface area (Å²) in [7, 11) is 2.14. The number of aromatic nitrogens is 1. The van der Waals surface area contributed by atoms with Crippen molar-refractivity contribution >= 4 is 32.5 Å². The zero-order valence-corrected chi connectivity index (χ0v) is 16.0. The molecule has 0 spiro atoms. The van der Waals surface area contributed by atoms with Gasteiger partial charge in [-0.3, -0.25) is 4.79 Å². The highest BCUT2D eigenvalue weighted by Crippen LogP contribution is 2.28. The smallest absolute Gasteiger partial charge is 0.256 e. The third-order valence-electron chi connectivity index (χ3n) is 4.92. The molecular weight excluding hydrogens is 397 g/mol. The van der Waals surface area contributed by atoms with Gasteiger partial charge in [0, 0.05) is 47.3 Å². The lowest BCUT2D eigenvalue weighted by atomic mass is 10.0. The Hall–Kier alpha value is -2.18. The van der Waals surface area contributed by atoms with Crippen LogP contribution in [0.2, 0.25) is 0 Å². The van der Waals surface area contributed by atoms with Crippen LogP contribution in [0.25, 0.3) is 22.0 Å². The standard InChI is InChI=1S/C20H19BrFN3O/c1-24-6-8-25(9-7-24)15-4-2-13(3-5-15)16-12-17-18(21)10-14(22)11-19(17)23-20(16)26/h2-5,10-12H,6-9H2,1H3,(H,23,26). The number of pyridine rings is 1. The van der Waals surface area contributed by atoms with E-state index in [0.717, 1.165) is 37.1 Å². The summed E-state index contributed by atoms with van der Waals surface area (Å²) in [5, 5.41) is 0.782. The van der Waals surface area contributed by atoms with E-state index < -0.39 is 0 Å². The van der Waals surface area contributed by atoms with Crippen molar-refractivity contribution in [1.82, 2.24) is 9.88 Å². The number of likely N-dealkylation sites (N-methyl/N-ethyl adjacent to an activating group) is 1. The molecule has 1 aliphatic rings. The van der Waals surface area contributed by atoms with Crippen LogP contribution >= 0.6 is 15.9 Å². The SMILES string of the molecule is CN1CCN(c2ccc(-c3cc4c(Br)cc(F)cc4[nH]c3=O)cc2)CC1. The fraction of sp³-hybridized carbons (Fsp3) is 0.250. The van der Waals surface area contributed by atoms with E-state index in [-0.39, 0.29) is 11.4 Å². The molecule has 0 radical (unpaired) electrons. The zero-order valence-electron chi connectivity index (χ0n) is 14.4. The molecule has 0 unspecified atom stereocenters. The number of hydrogen-bond acceptors (Lipinski definition) is 3. The van der Waals surface area contributed by atoms with Crippen molar-refractivity contribution in [2.45, 2.75) is 0 Å². The van der Waals surface area contributed by atoms with Crippen LogP contribution in [0.1, 0.15) is 0 Å². The largest absolute Gasteiger partial charge is 0.369 e. The summed E-state index contributed by atoms with van der Waals surface area (Å²) in [5.74, 6) is -0.385. The molecule has 26 heavy (non-hydrogen) atoms. The van der Waals surface area contributed by atoms with Crippen molar-refractivity contribution in [3.63, 3.8) is 0 Å². The predicted molar refractivity (Wildman–Crippen MR) is 107 cm³/mol. The van der Waals surface area contributed by atoms with Crippen LogP contribution < -0.4 is 10.5 Å². The molecule has 134 valence electrons. The van der Waals surface area contributed by atoms with Crippen LogP contribution in [-0.2, 0) is 0 Å². The first kappa shape index (κ1) is 17.2. The third-order valence-corrected chi connectivity index (χ3v) is 5.58. The van der Waals surface area contributed by atoms with Gasteiger partial charge in [-0.05, 0) is 58.9 Å². The molecule has 0 amide bonds. The molecule has 1 fully saturated rings. The van der Waals surface area contributed by atoms with E-state index >= 15 is 0 Å². The molecule has 1 aromatic heterocycles. The molecule has 0 saturated carbocycles. The van der Waals surface area contributed by atoms with E-state index in [0.29, 0.717) is 15.6 Å². The number of halogens is 2. The Morgan fingerprint density at radius 3 is 2.42 bits per heavy atom. The fourth-order valence-corrected chi connectivity index (χ4v) is 3.91. The number of nitrogens with zero attached hydrogens (tertiary/aromatic N) is 2. The van der Waals surface area contributed by atoms with Crippen molar-refractivity contribution in [2.24, 2.45) is 0 Å². The number of fused-ring (bicyclic) bond motifs is 1. The minimum absolute atomic E-state index is 0.220. The van der Waals surface area contributed by atoms with Crippen molar-refractivity contribution in [3.05, 3.63) is 63.1 Å². The van der Waals surface area contributed by atoms with Gasteiger partial charge in [-0.25, -0.2) is 4.39 Å². The Bertz CT molecular complexity index is 1010. The molecule has 4 rings (SSSR count). The molecule has 0 aliphatic carbocycles. The van der Waals surface area contributed by atoms with E-state index in [4.69, 9.17) is 0 Å². The van der Waals surface area contributed by atoms with Crippen LogP contribution in [0, 0.1) is 5.82 Å². The van der Waals surface area contributed by atoms with Gasteiger partial charge in [-0.1, -0.05) is 12.1 Å².